The number of ether oxygens (including phenoxy) is 2. The third-order valence-electron chi connectivity index (χ3n) is 6.82. The van der Waals surface area contributed by atoms with Gasteiger partial charge in [0.05, 0.1) is 31.3 Å². The number of carbonyl (C=O) groups excluding carboxylic acids is 2. The van der Waals surface area contributed by atoms with E-state index in [9.17, 15) is 22.8 Å². The number of alkyl halides is 3. The fraction of sp³-hybridized carbons (Fsp3) is 0.560. The van der Waals surface area contributed by atoms with E-state index < -0.39 is 23.2 Å². The molecule has 0 radical (unpaired) electrons. The Kier molecular flexibility index (Phi) is 8.53. The maximum atomic E-state index is 13.3. The van der Waals surface area contributed by atoms with E-state index in [4.69, 9.17) is 21.1 Å². The molecule has 2 aliphatic heterocycles. The topological polar surface area (TPSA) is 80.1 Å². The average molecular weight is 558 g/mol. The van der Waals surface area contributed by atoms with Crippen molar-refractivity contribution in [2.24, 2.45) is 0 Å². The number of amides is 2. The van der Waals surface area contributed by atoms with Gasteiger partial charge in [-0.3, -0.25) is 14.3 Å². The predicted molar refractivity (Wildman–Crippen MR) is 133 cm³/mol. The minimum absolute atomic E-state index is 0.00265. The monoisotopic (exact) mass is 557 g/mol. The van der Waals surface area contributed by atoms with Crippen LogP contribution in [0.15, 0.2) is 30.6 Å². The molecule has 0 saturated carbocycles. The molecule has 1 aromatic heterocycles. The zero-order valence-electron chi connectivity index (χ0n) is 21.3. The molecule has 13 heteroatoms. The molecular formula is C25H31ClF3N5O4. The second kappa shape index (κ2) is 11.5. The van der Waals surface area contributed by atoms with Gasteiger partial charge in [-0.05, 0) is 37.7 Å². The van der Waals surface area contributed by atoms with Crippen LogP contribution in [0.1, 0.15) is 17.5 Å². The van der Waals surface area contributed by atoms with Crippen LogP contribution < -0.4 is 4.74 Å². The van der Waals surface area contributed by atoms with Crippen LogP contribution in [0.4, 0.5) is 13.2 Å². The van der Waals surface area contributed by atoms with E-state index in [1.807, 2.05) is 14.0 Å². The lowest BCUT2D eigenvalue weighted by molar-refractivity contribution is -0.166. The van der Waals surface area contributed by atoms with E-state index in [-0.39, 0.29) is 45.2 Å². The molecule has 2 fully saturated rings. The van der Waals surface area contributed by atoms with Crippen molar-refractivity contribution in [2.75, 3.05) is 59.5 Å². The molecule has 3 heterocycles. The van der Waals surface area contributed by atoms with Crippen LogP contribution in [0.5, 0.6) is 5.75 Å². The summed E-state index contributed by atoms with van der Waals surface area (Å²) < 4.78 is 51.9. The highest BCUT2D eigenvalue weighted by molar-refractivity contribution is 6.31. The van der Waals surface area contributed by atoms with Crippen molar-refractivity contribution in [1.29, 1.82) is 0 Å². The molecule has 2 aromatic rings. The lowest BCUT2D eigenvalue weighted by atomic mass is 9.96. The van der Waals surface area contributed by atoms with Gasteiger partial charge in [0.25, 0.3) is 0 Å². The number of aromatic nitrogens is 2. The molecule has 38 heavy (non-hydrogen) atoms. The first-order valence-corrected chi connectivity index (χ1v) is 12.7. The summed E-state index contributed by atoms with van der Waals surface area (Å²) in [5.41, 5.74) is -1.24. The zero-order chi connectivity index (χ0) is 27.5. The number of benzene rings is 1. The van der Waals surface area contributed by atoms with Gasteiger partial charge in [0, 0.05) is 43.9 Å². The zero-order valence-corrected chi connectivity index (χ0v) is 22.1. The molecule has 4 rings (SSSR count). The molecule has 2 amide bonds. The summed E-state index contributed by atoms with van der Waals surface area (Å²) >= 11 is 6.12. The summed E-state index contributed by atoms with van der Waals surface area (Å²) in [7, 11) is 2.00. The largest absolute Gasteiger partial charge is 0.490 e. The van der Waals surface area contributed by atoms with Crippen molar-refractivity contribution >= 4 is 23.4 Å². The van der Waals surface area contributed by atoms with Gasteiger partial charge in [0.1, 0.15) is 24.5 Å². The van der Waals surface area contributed by atoms with Gasteiger partial charge in [0.2, 0.25) is 11.8 Å². The second-order valence-electron chi connectivity index (χ2n) is 9.83. The van der Waals surface area contributed by atoms with Crippen molar-refractivity contribution in [2.45, 2.75) is 31.7 Å². The Bertz CT molecular complexity index is 1150. The van der Waals surface area contributed by atoms with Crippen molar-refractivity contribution in [3.8, 4) is 5.75 Å². The Labute approximate surface area is 224 Å². The van der Waals surface area contributed by atoms with Crippen LogP contribution in [-0.2, 0) is 27.0 Å². The molecule has 0 N–H and O–H groups in total. The molecule has 1 unspecified atom stereocenters. The first-order valence-electron chi connectivity index (χ1n) is 12.3. The number of likely N-dealkylation sites (N-methyl/N-ethyl adjacent to an activating group) is 1. The van der Waals surface area contributed by atoms with Gasteiger partial charge < -0.3 is 24.2 Å². The lowest BCUT2D eigenvalue weighted by Gasteiger charge is -2.43. The molecule has 208 valence electrons. The van der Waals surface area contributed by atoms with E-state index in [1.54, 1.807) is 23.1 Å². The SMILES string of the molecule is Cc1cc(OCC2(CC(=O)N3CCN(C)CC3)CN(C(=O)Cn3cc(C(F)(F)F)cn3)CCO2)ccc1Cl. The van der Waals surface area contributed by atoms with Gasteiger partial charge in [0.15, 0.2) is 0 Å². The van der Waals surface area contributed by atoms with Crippen LogP contribution in [0, 0.1) is 6.92 Å². The van der Waals surface area contributed by atoms with E-state index in [2.05, 4.69) is 10.00 Å². The maximum absolute atomic E-state index is 13.3. The molecule has 0 bridgehead atoms. The number of aryl methyl sites for hydroxylation is 1. The average Bonchev–Trinajstić information content (AvgIpc) is 3.34. The van der Waals surface area contributed by atoms with Crippen molar-refractivity contribution in [1.82, 2.24) is 24.5 Å². The first-order chi connectivity index (χ1) is 17.9. The maximum Gasteiger partial charge on any atom is 0.419 e. The van der Waals surface area contributed by atoms with E-state index in [1.165, 1.54) is 4.90 Å². The Morgan fingerprint density at radius 1 is 1.13 bits per heavy atom. The van der Waals surface area contributed by atoms with E-state index >= 15 is 0 Å². The number of halogens is 4. The van der Waals surface area contributed by atoms with Crippen LogP contribution in [0.2, 0.25) is 5.02 Å². The van der Waals surface area contributed by atoms with Crippen molar-refractivity contribution in [3.05, 3.63) is 46.7 Å². The third kappa shape index (κ3) is 6.97. The number of nitrogens with zero attached hydrogens (tertiary/aromatic N) is 5. The first kappa shape index (κ1) is 28.2. The highest BCUT2D eigenvalue weighted by Gasteiger charge is 2.42. The number of morpholine rings is 1. The van der Waals surface area contributed by atoms with Crippen LogP contribution in [0.25, 0.3) is 0 Å². The summed E-state index contributed by atoms with van der Waals surface area (Å²) in [6.45, 7) is 4.60. The Morgan fingerprint density at radius 2 is 1.87 bits per heavy atom. The second-order valence-corrected chi connectivity index (χ2v) is 10.2. The van der Waals surface area contributed by atoms with Crippen molar-refractivity contribution in [3.63, 3.8) is 0 Å². The van der Waals surface area contributed by atoms with Crippen LogP contribution >= 0.6 is 11.6 Å². The molecule has 2 saturated heterocycles. The molecule has 1 atom stereocenters. The van der Waals surface area contributed by atoms with Gasteiger partial charge in [-0.1, -0.05) is 11.6 Å². The smallest absolute Gasteiger partial charge is 0.419 e. The normalized spacial score (nSPS) is 21.0. The van der Waals surface area contributed by atoms with Gasteiger partial charge in [-0.2, -0.15) is 18.3 Å². The van der Waals surface area contributed by atoms with E-state index in [0.717, 1.165) is 29.5 Å². The number of carbonyl (C=O) groups is 2. The number of hydrogen-bond donors (Lipinski definition) is 0. The van der Waals surface area contributed by atoms with Gasteiger partial charge in [-0.25, -0.2) is 0 Å². The third-order valence-corrected chi connectivity index (χ3v) is 7.24. The van der Waals surface area contributed by atoms with Crippen molar-refractivity contribution < 1.29 is 32.2 Å². The molecular weight excluding hydrogens is 527 g/mol. The Morgan fingerprint density at radius 3 is 2.53 bits per heavy atom. The summed E-state index contributed by atoms with van der Waals surface area (Å²) in [6, 6.07) is 5.21. The minimum Gasteiger partial charge on any atom is -0.490 e. The van der Waals surface area contributed by atoms with Crippen LogP contribution in [0.3, 0.4) is 0 Å². The summed E-state index contributed by atoms with van der Waals surface area (Å²) in [5.74, 6) is 0.00987. The number of hydrogen-bond acceptors (Lipinski definition) is 6. The highest BCUT2D eigenvalue weighted by Crippen LogP contribution is 2.29. The summed E-state index contributed by atoms with van der Waals surface area (Å²) in [5, 5.41) is 4.27. The summed E-state index contributed by atoms with van der Waals surface area (Å²) in [6.07, 6.45) is -3.06. The van der Waals surface area contributed by atoms with Gasteiger partial charge in [-0.15, -0.1) is 0 Å². The van der Waals surface area contributed by atoms with E-state index in [0.29, 0.717) is 30.1 Å². The molecule has 0 spiro atoms. The van der Waals surface area contributed by atoms with Crippen LogP contribution in [-0.4, -0.2) is 101 Å². The minimum atomic E-state index is -4.55. The molecule has 2 aliphatic rings. The Hall–Kier alpha value is -2.83. The predicted octanol–water partition coefficient (Wildman–Crippen LogP) is 2.70. The number of piperazine rings is 1. The molecule has 1 aromatic carbocycles. The number of rotatable bonds is 7. The fourth-order valence-corrected chi connectivity index (χ4v) is 4.62. The fourth-order valence-electron chi connectivity index (χ4n) is 4.50. The lowest BCUT2D eigenvalue weighted by Crippen LogP contribution is -2.59. The quantitative estimate of drug-likeness (QED) is 0.521. The van der Waals surface area contributed by atoms with Gasteiger partial charge >= 0.3 is 6.18 Å². The molecule has 0 aliphatic carbocycles. The standard InChI is InChI=1S/C25H31ClF3N5O4/c1-18-11-20(3-4-21(18)26)37-17-24(12-22(35)32-7-5-31(2)6-8-32)16-33(9-10-38-24)23(36)15-34-14-19(13-30-34)25(27,28)29/h3-4,11,13-14H,5-10,12,15-17H2,1-2H3. The molecule has 9 nitrogen and oxygen atoms in total. The highest BCUT2D eigenvalue weighted by atomic mass is 35.5. The summed E-state index contributed by atoms with van der Waals surface area (Å²) in [4.78, 5) is 31.8. The Balaban J connectivity index is 1.49.